The van der Waals surface area contributed by atoms with Crippen molar-refractivity contribution >= 4 is 47.2 Å². The van der Waals surface area contributed by atoms with Crippen molar-refractivity contribution in [3.8, 4) is 0 Å². The molecule has 1 aliphatic rings. The number of nitrogens with two attached hydrogens (primary N) is 1. The van der Waals surface area contributed by atoms with Crippen molar-refractivity contribution in [2.24, 2.45) is 5.73 Å². The van der Waals surface area contributed by atoms with Gasteiger partial charge in [-0.2, -0.15) is 0 Å². The number of nitrogens with zero attached hydrogens (tertiary/aromatic N) is 1. The standard InChI is InChI=1S/C20H31N3O8S/c1-4-23-17(26)10-15(19(23)28)32-11-13(14(24)7-9-18(27)30-3)22-16(25)8-6-12(21)20(29)31-5-2/h12-13,15H,4-11,21H2,1-3H3,(H,22,25)/t12-,13-,15?/m0/s1. The van der Waals surface area contributed by atoms with Crippen LogP contribution in [0.1, 0.15) is 46.0 Å². The highest BCUT2D eigenvalue weighted by Crippen LogP contribution is 2.26. The number of methoxy groups -OCH3 is 1. The van der Waals surface area contributed by atoms with E-state index < -0.39 is 41.0 Å². The number of thioether (sulfide) groups is 1. The summed E-state index contributed by atoms with van der Waals surface area (Å²) in [6.07, 6.45) is -0.357. The summed E-state index contributed by atoms with van der Waals surface area (Å²) in [5, 5.41) is 1.95. The molecule has 180 valence electrons. The number of amides is 3. The number of Topliss-reactive ketones (excluding diaryl/α,β-unsaturated/α-hetero) is 1. The monoisotopic (exact) mass is 473 g/mol. The maximum atomic E-state index is 12.6. The molecule has 1 saturated heterocycles. The van der Waals surface area contributed by atoms with Gasteiger partial charge in [0.1, 0.15) is 6.04 Å². The van der Waals surface area contributed by atoms with Gasteiger partial charge >= 0.3 is 11.9 Å². The Bertz CT molecular complexity index is 730. The fourth-order valence-corrected chi connectivity index (χ4v) is 4.19. The molecule has 0 saturated carbocycles. The Morgan fingerprint density at radius 1 is 1.19 bits per heavy atom. The largest absolute Gasteiger partial charge is 0.469 e. The van der Waals surface area contributed by atoms with Gasteiger partial charge in [-0.1, -0.05) is 0 Å². The van der Waals surface area contributed by atoms with E-state index in [9.17, 15) is 28.8 Å². The maximum Gasteiger partial charge on any atom is 0.322 e. The first kappa shape index (κ1) is 27.6. The van der Waals surface area contributed by atoms with Gasteiger partial charge in [-0.15, -0.1) is 11.8 Å². The number of carbonyl (C=O) groups excluding carboxylic acids is 6. The molecule has 0 spiro atoms. The zero-order chi connectivity index (χ0) is 24.3. The Kier molecular flexibility index (Phi) is 11.9. The third-order valence-electron chi connectivity index (χ3n) is 4.78. The van der Waals surface area contributed by atoms with E-state index in [0.717, 1.165) is 16.7 Å². The van der Waals surface area contributed by atoms with E-state index in [-0.39, 0.29) is 62.8 Å². The fraction of sp³-hybridized carbons (Fsp3) is 0.700. The summed E-state index contributed by atoms with van der Waals surface area (Å²) in [6.45, 7) is 3.78. The van der Waals surface area contributed by atoms with Gasteiger partial charge in [0, 0.05) is 31.6 Å². The molecule has 0 aromatic carbocycles. The number of ether oxygens (including phenoxy) is 2. The first-order valence-corrected chi connectivity index (χ1v) is 11.5. The maximum absolute atomic E-state index is 12.6. The average Bonchev–Trinajstić information content (AvgIpc) is 3.04. The summed E-state index contributed by atoms with van der Waals surface area (Å²) in [6, 6.07) is -1.94. The zero-order valence-electron chi connectivity index (χ0n) is 18.6. The number of carbonyl (C=O) groups is 6. The van der Waals surface area contributed by atoms with Crippen LogP contribution in [-0.4, -0.2) is 83.7 Å². The predicted molar refractivity (Wildman–Crippen MR) is 115 cm³/mol. The van der Waals surface area contributed by atoms with E-state index in [1.54, 1.807) is 13.8 Å². The Balaban J connectivity index is 2.71. The van der Waals surface area contributed by atoms with E-state index in [2.05, 4.69) is 10.1 Å². The van der Waals surface area contributed by atoms with Crippen LogP contribution in [0, 0.1) is 0 Å². The molecule has 12 heteroatoms. The first-order valence-electron chi connectivity index (χ1n) is 10.4. The summed E-state index contributed by atoms with van der Waals surface area (Å²) in [5.41, 5.74) is 5.68. The van der Waals surface area contributed by atoms with Crippen LogP contribution in [0.3, 0.4) is 0 Å². The molecule has 1 heterocycles. The number of hydrogen-bond donors (Lipinski definition) is 2. The van der Waals surface area contributed by atoms with Crippen LogP contribution in [0.2, 0.25) is 0 Å². The van der Waals surface area contributed by atoms with Crippen molar-refractivity contribution in [2.75, 3.05) is 26.0 Å². The van der Waals surface area contributed by atoms with Gasteiger partial charge in [0.05, 0.1) is 31.4 Å². The molecule has 3 N–H and O–H groups in total. The lowest BCUT2D eigenvalue weighted by molar-refractivity contribution is -0.145. The van der Waals surface area contributed by atoms with E-state index in [4.69, 9.17) is 10.5 Å². The highest BCUT2D eigenvalue weighted by molar-refractivity contribution is 8.00. The molecular formula is C20H31N3O8S. The van der Waals surface area contributed by atoms with Crippen LogP contribution in [0.4, 0.5) is 0 Å². The number of nitrogens with one attached hydrogen (secondary N) is 1. The van der Waals surface area contributed by atoms with Crippen LogP contribution < -0.4 is 11.1 Å². The quantitative estimate of drug-likeness (QED) is 0.249. The minimum absolute atomic E-state index is 0.0297. The second kappa shape index (κ2) is 13.8. The molecule has 1 fully saturated rings. The molecule has 3 atom stereocenters. The van der Waals surface area contributed by atoms with Gasteiger partial charge in [0.2, 0.25) is 17.7 Å². The summed E-state index contributed by atoms with van der Waals surface area (Å²) in [5.74, 6) is -2.65. The lowest BCUT2D eigenvalue weighted by Gasteiger charge is -2.19. The van der Waals surface area contributed by atoms with Crippen molar-refractivity contribution in [3.05, 3.63) is 0 Å². The Morgan fingerprint density at radius 3 is 2.44 bits per heavy atom. The first-order chi connectivity index (χ1) is 15.1. The van der Waals surface area contributed by atoms with Gasteiger partial charge in [-0.05, 0) is 20.3 Å². The SMILES string of the molecule is CCOC(=O)[C@@H](N)CCC(=O)N[C@@H](CSC1CC(=O)N(CC)C1=O)C(=O)CCC(=O)OC. The van der Waals surface area contributed by atoms with Crippen molar-refractivity contribution < 1.29 is 38.2 Å². The van der Waals surface area contributed by atoms with Crippen LogP contribution >= 0.6 is 11.8 Å². The molecule has 3 amide bonds. The molecule has 0 radical (unpaired) electrons. The lowest BCUT2D eigenvalue weighted by atomic mass is 10.1. The van der Waals surface area contributed by atoms with Crippen molar-refractivity contribution in [3.63, 3.8) is 0 Å². The number of hydrogen-bond acceptors (Lipinski definition) is 10. The van der Waals surface area contributed by atoms with Crippen molar-refractivity contribution in [1.29, 1.82) is 0 Å². The summed E-state index contributed by atoms with van der Waals surface area (Å²) >= 11 is 1.11. The fourth-order valence-electron chi connectivity index (χ4n) is 2.96. The van der Waals surface area contributed by atoms with E-state index in [1.807, 2.05) is 0 Å². The smallest absolute Gasteiger partial charge is 0.322 e. The van der Waals surface area contributed by atoms with E-state index in [0.29, 0.717) is 0 Å². The summed E-state index contributed by atoms with van der Waals surface area (Å²) < 4.78 is 9.32. The average molecular weight is 474 g/mol. The van der Waals surface area contributed by atoms with Crippen molar-refractivity contribution in [1.82, 2.24) is 10.2 Å². The molecular weight excluding hydrogens is 442 g/mol. The van der Waals surface area contributed by atoms with Crippen LogP contribution in [0.15, 0.2) is 0 Å². The predicted octanol–water partition coefficient (Wildman–Crippen LogP) is -0.455. The normalized spacial score (nSPS) is 17.6. The van der Waals surface area contributed by atoms with Gasteiger partial charge < -0.3 is 20.5 Å². The topological polar surface area (TPSA) is 162 Å². The Morgan fingerprint density at radius 2 is 1.88 bits per heavy atom. The Labute approximate surface area is 191 Å². The molecule has 11 nitrogen and oxygen atoms in total. The van der Waals surface area contributed by atoms with E-state index >= 15 is 0 Å². The van der Waals surface area contributed by atoms with Crippen LogP contribution in [0.25, 0.3) is 0 Å². The van der Waals surface area contributed by atoms with Crippen LogP contribution in [0.5, 0.6) is 0 Å². The molecule has 32 heavy (non-hydrogen) atoms. The number of rotatable bonds is 14. The Hall–Kier alpha value is -2.47. The third kappa shape index (κ3) is 8.58. The van der Waals surface area contributed by atoms with Crippen LogP contribution in [-0.2, 0) is 38.2 Å². The highest BCUT2D eigenvalue weighted by Gasteiger charge is 2.38. The zero-order valence-corrected chi connectivity index (χ0v) is 19.4. The molecule has 0 aliphatic carbocycles. The second-order valence-corrected chi connectivity index (χ2v) is 8.30. The van der Waals surface area contributed by atoms with Crippen molar-refractivity contribution in [2.45, 2.75) is 63.3 Å². The van der Waals surface area contributed by atoms with E-state index in [1.165, 1.54) is 7.11 Å². The van der Waals surface area contributed by atoms with Gasteiger partial charge in [-0.25, -0.2) is 0 Å². The molecule has 1 aliphatic heterocycles. The minimum Gasteiger partial charge on any atom is -0.469 e. The molecule has 1 rings (SSSR count). The third-order valence-corrected chi connectivity index (χ3v) is 6.08. The molecule has 0 aromatic rings. The van der Waals surface area contributed by atoms with Gasteiger partial charge in [0.15, 0.2) is 5.78 Å². The number of imide groups is 1. The van der Waals surface area contributed by atoms with Gasteiger partial charge in [0.25, 0.3) is 0 Å². The second-order valence-electron chi connectivity index (χ2n) is 7.06. The summed E-state index contributed by atoms with van der Waals surface area (Å²) in [7, 11) is 1.21. The number of ketones is 1. The lowest BCUT2D eigenvalue weighted by Crippen LogP contribution is -2.44. The molecule has 0 bridgehead atoms. The summed E-state index contributed by atoms with van der Waals surface area (Å²) in [4.78, 5) is 73.2. The molecule has 0 aromatic heterocycles. The number of likely N-dealkylation sites (tertiary alicyclic amines) is 1. The molecule has 1 unspecified atom stereocenters. The van der Waals surface area contributed by atoms with Gasteiger partial charge in [-0.3, -0.25) is 33.7 Å². The highest BCUT2D eigenvalue weighted by atomic mass is 32.2. The number of esters is 2. The minimum atomic E-state index is -0.977.